The van der Waals surface area contributed by atoms with Crippen LogP contribution >= 0.6 is 38.5 Å². The number of ether oxygens (including phenoxy) is 1. The average Bonchev–Trinajstić information content (AvgIpc) is 3.77. The van der Waals surface area contributed by atoms with Crippen molar-refractivity contribution >= 4 is 70.3 Å². The van der Waals surface area contributed by atoms with E-state index in [0.717, 1.165) is 48.8 Å². The van der Waals surface area contributed by atoms with Crippen LogP contribution in [0.3, 0.4) is 0 Å². The number of H-pyrrole nitrogens is 1. The maximum absolute atomic E-state index is 13.0. The zero-order valence-electron chi connectivity index (χ0n) is 28.7. The lowest BCUT2D eigenvalue weighted by molar-refractivity contribution is 0.484. The summed E-state index contributed by atoms with van der Waals surface area (Å²) >= 11 is 5.32. The molecule has 4 heterocycles. The molecule has 0 fully saturated rings. The number of para-hydroxylation sites is 2. The Morgan fingerprint density at radius 2 is 1.34 bits per heavy atom. The fraction of sp³-hybridized carbons (Fsp3) is 0.0732. The molecule has 0 saturated carbocycles. The minimum atomic E-state index is -3.85. The number of nitrogens with zero attached hydrogens (tertiary/aromatic N) is 3. The zero-order chi connectivity index (χ0) is 37.4. The summed E-state index contributed by atoms with van der Waals surface area (Å²) in [6.07, 6.45) is 3.50. The first kappa shape index (κ1) is 36.2. The number of hydrogen-bond acceptors (Lipinski definition) is 5. The lowest BCUT2D eigenvalue weighted by Crippen LogP contribution is -2.23. The molecule has 0 unspecified atom stereocenters. The summed E-state index contributed by atoms with van der Waals surface area (Å²) in [5, 5.41) is 1.45. The van der Waals surface area contributed by atoms with E-state index in [1.165, 1.54) is 4.57 Å². The van der Waals surface area contributed by atoms with Gasteiger partial charge in [0.1, 0.15) is 22.5 Å². The highest BCUT2D eigenvalue weighted by Gasteiger charge is 2.25. The van der Waals surface area contributed by atoms with Crippen LogP contribution in [0, 0.1) is 10.6 Å². The fourth-order valence-electron chi connectivity index (χ4n) is 6.08. The van der Waals surface area contributed by atoms with E-state index in [1.54, 1.807) is 55.2 Å². The number of aromatic nitrogens is 4. The van der Waals surface area contributed by atoms with Gasteiger partial charge in [0.25, 0.3) is 21.1 Å². The Kier molecular flexibility index (Phi) is 10.0. The predicted molar refractivity (Wildman–Crippen MR) is 222 cm³/mol. The molecule has 0 aliphatic heterocycles. The number of hydrogen-bond donors (Lipinski definition) is 1. The van der Waals surface area contributed by atoms with Crippen LogP contribution in [0.2, 0.25) is 0 Å². The molecule has 0 bridgehead atoms. The Bertz CT molecular complexity index is 2860. The van der Waals surface area contributed by atoms with Gasteiger partial charge in [0.05, 0.1) is 8.60 Å². The number of fused-ring (bicyclic) bond motifs is 2. The van der Waals surface area contributed by atoms with Gasteiger partial charge in [-0.1, -0.05) is 84.4 Å². The van der Waals surface area contributed by atoms with Crippen LogP contribution in [0.1, 0.15) is 5.56 Å². The summed E-state index contributed by atoms with van der Waals surface area (Å²) in [5.74, 6) is 1.51. The molecule has 8 aromatic rings. The maximum Gasteiger partial charge on any atom is 0.275 e. The number of halogens is 2. The maximum atomic E-state index is 13.0. The van der Waals surface area contributed by atoms with Crippen molar-refractivity contribution in [1.82, 2.24) is 18.1 Å². The van der Waals surface area contributed by atoms with Crippen molar-refractivity contribution in [3.8, 4) is 33.9 Å². The van der Waals surface area contributed by atoms with Crippen LogP contribution in [0.4, 0.5) is 0 Å². The number of pyridine rings is 2. The van der Waals surface area contributed by atoms with Crippen LogP contribution in [0.5, 0.6) is 11.5 Å². The van der Waals surface area contributed by atoms with Gasteiger partial charge in [0.2, 0.25) is 0 Å². The van der Waals surface area contributed by atoms with E-state index in [9.17, 15) is 18.0 Å². The molecule has 0 spiro atoms. The molecule has 12 heteroatoms. The topological polar surface area (TPSA) is 108 Å². The second-order valence-corrected chi connectivity index (χ2v) is 16.2. The minimum Gasteiger partial charge on any atom is -0.457 e. The quantitative estimate of drug-likeness (QED) is 0.168. The normalized spacial score (nSPS) is 11.4. The van der Waals surface area contributed by atoms with Crippen molar-refractivity contribution in [2.45, 2.75) is 11.8 Å². The van der Waals surface area contributed by atoms with Gasteiger partial charge in [-0.15, -0.1) is 0 Å². The number of aryl methyl sites for hydroxylation is 3. The largest absolute Gasteiger partial charge is 0.457 e. The molecule has 53 heavy (non-hydrogen) atoms. The van der Waals surface area contributed by atoms with Crippen molar-refractivity contribution in [2.24, 2.45) is 14.1 Å². The van der Waals surface area contributed by atoms with E-state index < -0.39 is 10.0 Å². The highest BCUT2D eigenvalue weighted by Crippen LogP contribution is 2.38. The zero-order valence-corrected chi connectivity index (χ0v) is 33.3. The molecular weight excluding hydrogens is 867 g/mol. The van der Waals surface area contributed by atoms with Crippen LogP contribution < -0.4 is 15.9 Å². The highest BCUT2D eigenvalue weighted by atomic mass is 127. The third kappa shape index (κ3) is 7.01. The van der Waals surface area contributed by atoms with Crippen molar-refractivity contribution in [1.29, 1.82) is 0 Å². The lowest BCUT2D eigenvalue weighted by atomic mass is 10.0. The second-order valence-electron chi connectivity index (χ2n) is 12.4. The Labute approximate surface area is 327 Å². The SMILES string of the molecule is Cc1ccc(S(=O)(=O)n2c(I)cc3c(Br)cn(C)c(=O)c32)cc1.Cn1cc(-c2ccccc2Oc2ccccc2)c2cc(-c3ccccc3)[nH]c2c1=O. The Morgan fingerprint density at radius 3 is 2.04 bits per heavy atom. The molecule has 9 nitrogen and oxygen atoms in total. The number of benzene rings is 4. The van der Waals surface area contributed by atoms with Gasteiger partial charge in [-0.05, 0) is 93.5 Å². The molecular formula is C41H32BrIN4O5S. The van der Waals surface area contributed by atoms with E-state index in [1.807, 2.05) is 127 Å². The van der Waals surface area contributed by atoms with Crippen LogP contribution in [-0.4, -0.2) is 26.5 Å². The molecule has 1 N–H and O–H groups in total. The van der Waals surface area contributed by atoms with Gasteiger partial charge in [-0.3, -0.25) is 9.59 Å². The standard InChI is InChI=1S/C26H20N2O2.C15H12BrIN2O3S/c1-28-17-22(20-14-8-9-15-24(20)30-19-12-6-3-7-13-19)21-16-23(27-25(21)26(28)29)18-10-4-2-5-11-18;1-9-3-5-10(6-4-9)23(21,22)19-13(17)7-11-12(16)8-18(2)15(20)14(11)19/h2-17,27H,1H3;3-8H,1-2H3. The smallest absolute Gasteiger partial charge is 0.275 e. The van der Waals surface area contributed by atoms with Crippen LogP contribution in [0.15, 0.2) is 153 Å². The number of aromatic amines is 1. The van der Waals surface area contributed by atoms with Gasteiger partial charge in [-0.2, -0.15) is 0 Å². The summed E-state index contributed by atoms with van der Waals surface area (Å²) in [6.45, 7) is 1.89. The average molecular weight is 900 g/mol. The van der Waals surface area contributed by atoms with Gasteiger partial charge >= 0.3 is 0 Å². The first-order valence-corrected chi connectivity index (χ1v) is 19.7. The van der Waals surface area contributed by atoms with Gasteiger partial charge in [0.15, 0.2) is 0 Å². The first-order valence-electron chi connectivity index (χ1n) is 16.4. The number of rotatable bonds is 6. The third-order valence-corrected chi connectivity index (χ3v) is 12.2. The Morgan fingerprint density at radius 1 is 0.717 bits per heavy atom. The van der Waals surface area contributed by atoms with Crippen molar-refractivity contribution in [3.63, 3.8) is 0 Å². The highest BCUT2D eigenvalue weighted by molar-refractivity contribution is 14.1. The van der Waals surface area contributed by atoms with Gasteiger partial charge in [0, 0.05) is 58.6 Å². The fourth-order valence-corrected chi connectivity index (χ4v) is 9.41. The summed E-state index contributed by atoms with van der Waals surface area (Å²) < 4.78 is 37.4. The lowest BCUT2D eigenvalue weighted by Gasteiger charge is -2.13. The molecule has 0 atom stereocenters. The molecule has 4 aromatic heterocycles. The summed E-state index contributed by atoms with van der Waals surface area (Å²) in [7, 11) is -0.485. The first-order chi connectivity index (χ1) is 25.4. The van der Waals surface area contributed by atoms with Crippen molar-refractivity contribution in [2.75, 3.05) is 0 Å². The van der Waals surface area contributed by atoms with Gasteiger partial charge < -0.3 is 18.9 Å². The van der Waals surface area contributed by atoms with Crippen LogP contribution in [0.25, 0.3) is 44.2 Å². The Hall–Kier alpha value is -5.18. The van der Waals surface area contributed by atoms with Crippen molar-refractivity contribution < 1.29 is 13.2 Å². The van der Waals surface area contributed by atoms with E-state index in [4.69, 9.17) is 4.74 Å². The second kappa shape index (κ2) is 14.7. The van der Waals surface area contributed by atoms with Crippen LogP contribution in [-0.2, 0) is 24.1 Å². The molecule has 0 radical (unpaired) electrons. The van der Waals surface area contributed by atoms with Crippen molar-refractivity contribution in [3.05, 3.63) is 168 Å². The van der Waals surface area contributed by atoms with E-state index >= 15 is 0 Å². The monoisotopic (exact) mass is 898 g/mol. The third-order valence-electron chi connectivity index (χ3n) is 8.76. The molecule has 0 aliphatic carbocycles. The predicted octanol–water partition coefficient (Wildman–Crippen LogP) is 9.25. The minimum absolute atomic E-state index is 0.0580. The molecule has 0 aliphatic rings. The Balaban J connectivity index is 0.000000170. The molecule has 266 valence electrons. The van der Waals surface area contributed by atoms with E-state index in [2.05, 4.69) is 20.9 Å². The molecule has 8 rings (SSSR count). The van der Waals surface area contributed by atoms with E-state index in [-0.39, 0.29) is 21.5 Å². The molecule has 0 amide bonds. The van der Waals surface area contributed by atoms with E-state index in [0.29, 0.717) is 19.1 Å². The molecule has 0 saturated heterocycles. The summed E-state index contributed by atoms with van der Waals surface area (Å²) in [5.41, 5.74) is 5.11. The summed E-state index contributed by atoms with van der Waals surface area (Å²) in [6, 6.07) is 37.9. The summed E-state index contributed by atoms with van der Waals surface area (Å²) in [4.78, 5) is 28.8. The molecule has 4 aromatic carbocycles. The van der Waals surface area contributed by atoms with Gasteiger partial charge in [-0.25, -0.2) is 12.4 Å². The number of nitrogens with one attached hydrogen (secondary N) is 1.